The zero-order valence-corrected chi connectivity index (χ0v) is 15.6. The number of aryl methyl sites for hydroxylation is 1. The lowest BCUT2D eigenvalue weighted by Gasteiger charge is -2.26. The van der Waals surface area contributed by atoms with E-state index in [1.165, 1.54) is 18.5 Å². The maximum atomic E-state index is 5.80. The maximum absolute atomic E-state index is 5.80. The minimum absolute atomic E-state index is 0.419. The molecule has 2 fully saturated rings. The van der Waals surface area contributed by atoms with Gasteiger partial charge in [-0.15, -0.1) is 11.3 Å². The molecular weight excluding hydrogens is 354 g/mol. The van der Waals surface area contributed by atoms with Crippen LogP contribution in [0.5, 0.6) is 0 Å². The number of hydrogen-bond acceptors (Lipinski definition) is 8. The predicted octanol–water partition coefficient (Wildman–Crippen LogP) is 3.09. The van der Waals surface area contributed by atoms with Gasteiger partial charge in [-0.1, -0.05) is 11.9 Å². The van der Waals surface area contributed by atoms with E-state index in [4.69, 9.17) is 9.41 Å². The first-order chi connectivity index (χ1) is 12.3. The average Bonchev–Trinajstić information content (AvgIpc) is 3.03. The summed E-state index contributed by atoms with van der Waals surface area (Å²) in [7, 11) is 0. The average molecular weight is 374 g/mol. The Morgan fingerprint density at radius 2 is 2.28 bits per heavy atom. The van der Waals surface area contributed by atoms with Crippen LogP contribution in [0, 0.1) is 6.92 Å². The first kappa shape index (κ1) is 15.6. The Hall–Kier alpha value is -1.64. The Morgan fingerprint density at radius 1 is 1.36 bits per heavy atom. The molecule has 4 heterocycles. The highest BCUT2D eigenvalue weighted by Gasteiger charge is 2.37. The molecule has 5 rings (SSSR count). The number of nitrogens with one attached hydrogen (secondary N) is 1. The van der Waals surface area contributed by atoms with Crippen LogP contribution in [0.3, 0.4) is 0 Å². The van der Waals surface area contributed by atoms with Crippen molar-refractivity contribution in [2.24, 2.45) is 4.99 Å². The van der Waals surface area contributed by atoms with E-state index in [2.05, 4.69) is 19.6 Å². The summed E-state index contributed by atoms with van der Waals surface area (Å²) in [4.78, 5) is 15.9. The van der Waals surface area contributed by atoms with Crippen LogP contribution in [-0.4, -0.2) is 45.1 Å². The fourth-order valence-corrected chi connectivity index (χ4v) is 4.83. The summed E-state index contributed by atoms with van der Waals surface area (Å²) in [6.07, 6.45) is 7.32. The summed E-state index contributed by atoms with van der Waals surface area (Å²) >= 11 is 3.54. The number of rotatable bonds is 5. The van der Waals surface area contributed by atoms with Crippen LogP contribution in [0.15, 0.2) is 32.9 Å². The third-order valence-corrected chi connectivity index (χ3v) is 6.67. The number of thiazole rings is 1. The molecule has 1 N–H and O–H groups in total. The summed E-state index contributed by atoms with van der Waals surface area (Å²) in [5, 5.41) is 3.79. The van der Waals surface area contributed by atoms with Crippen LogP contribution in [0.25, 0.3) is 5.57 Å². The number of fused-ring (bicyclic) bond motifs is 1. The molecule has 2 aromatic rings. The third-order valence-electron chi connectivity index (χ3n) is 4.63. The molecule has 8 heteroatoms. The van der Waals surface area contributed by atoms with Gasteiger partial charge < -0.3 is 9.32 Å². The van der Waals surface area contributed by atoms with Gasteiger partial charge in [0.15, 0.2) is 22.5 Å². The number of aromatic nitrogens is 2. The molecule has 0 amide bonds. The van der Waals surface area contributed by atoms with E-state index in [0.29, 0.717) is 18.5 Å². The van der Waals surface area contributed by atoms with Gasteiger partial charge in [0.05, 0.1) is 12.7 Å². The second kappa shape index (κ2) is 6.26. The highest BCUT2D eigenvalue weighted by atomic mass is 32.2. The summed E-state index contributed by atoms with van der Waals surface area (Å²) in [5.74, 6) is 2.53. The van der Waals surface area contributed by atoms with Crippen molar-refractivity contribution in [1.82, 2.24) is 19.6 Å². The molecule has 1 unspecified atom stereocenters. The zero-order chi connectivity index (χ0) is 16.8. The van der Waals surface area contributed by atoms with E-state index in [9.17, 15) is 0 Å². The second-order valence-electron chi connectivity index (χ2n) is 6.59. The van der Waals surface area contributed by atoms with Gasteiger partial charge in [-0.25, -0.2) is 9.97 Å². The van der Waals surface area contributed by atoms with E-state index in [-0.39, 0.29) is 0 Å². The number of nitrogens with zero attached hydrogens (tertiary/aromatic N) is 4. The largest absolute Gasteiger partial charge is 0.441 e. The van der Waals surface area contributed by atoms with Gasteiger partial charge in [0, 0.05) is 54.0 Å². The van der Waals surface area contributed by atoms with Crippen molar-refractivity contribution in [2.75, 3.05) is 13.1 Å². The highest BCUT2D eigenvalue weighted by Crippen LogP contribution is 2.38. The number of amidine groups is 1. The summed E-state index contributed by atoms with van der Waals surface area (Å²) < 4.78 is 9.46. The van der Waals surface area contributed by atoms with Gasteiger partial charge in [-0.3, -0.25) is 9.71 Å². The van der Waals surface area contributed by atoms with E-state index in [1.54, 1.807) is 11.3 Å². The third kappa shape index (κ3) is 3.02. The van der Waals surface area contributed by atoms with Crippen LogP contribution in [-0.2, 0) is 0 Å². The molecule has 1 atom stereocenters. The van der Waals surface area contributed by atoms with Gasteiger partial charge in [-0.2, -0.15) is 0 Å². The molecular formula is C17H19N5OS2. The zero-order valence-electron chi connectivity index (χ0n) is 13.9. The summed E-state index contributed by atoms with van der Waals surface area (Å²) in [6.45, 7) is 3.42. The quantitative estimate of drug-likeness (QED) is 0.813. The van der Waals surface area contributed by atoms with Crippen molar-refractivity contribution < 1.29 is 4.42 Å². The maximum Gasteiger partial charge on any atom is 0.191 e. The van der Waals surface area contributed by atoms with Crippen LogP contribution >= 0.6 is 23.3 Å². The second-order valence-corrected chi connectivity index (χ2v) is 8.63. The fourth-order valence-electron chi connectivity index (χ4n) is 3.26. The Bertz CT molecular complexity index is 837. The Morgan fingerprint density at radius 3 is 3.00 bits per heavy atom. The van der Waals surface area contributed by atoms with Crippen LogP contribution in [0.1, 0.15) is 35.9 Å². The molecule has 0 aromatic carbocycles. The molecule has 2 aromatic heterocycles. The standard InChI is InChI=1S/C17H19N5OS2/c1-10-19-8-15(23-10)13-7-20-16(17-18-4-5-24-17)22-9-11(6-14(13)22)21-25-12-2-3-12/h4-5,8,11-12,21H,2-3,6-7,9H2,1H3. The molecule has 0 bridgehead atoms. The van der Waals surface area contributed by atoms with Crippen molar-refractivity contribution >= 4 is 34.7 Å². The minimum atomic E-state index is 0.419. The van der Waals surface area contributed by atoms with E-state index >= 15 is 0 Å². The Kier molecular flexibility index (Phi) is 3.91. The fraction of sp³-hybridized carbons (Fsp3) is 0.471. The Labute approximate surface area is 154 Å². The van der Waals surface area contributed by atoms with Crippen LogP contribution < -0.4 is 4.72 Å². The van der Waals surface area contributed by atoms with E-state index in [1.807, 2.05) is 36.6 Å². The molecule has 0 radical (unpaired) electrons. The smallest absolute Gasteiger partial charge is 0.191 e. The minimum Gasteiger partial charge on any atom is -0.441 e. The lowest BCUT2D eigenvalue weighted by molar-refractivity contribution is 0.501. The van der Waals surface area contributed by atoms with Crippen molar-refractivity contribution in [3.63, 3.8) is 0 Å². The van der Waals surface area contributed by atoms with Crippen LogP contribution in [0.2, 0.25) is 0 Å². The molecule has 6 nitrogen and oxygen atoms in total. The summed E-state index contributed by atoms with van der Waals surface area (Å²) in [5.41, 5.74) is 2.45. The molecule has 25 heavy (non-hydrogen) atoms. The van der Waals surface area contributed by atoms with Crippen LogP contribution in [0.4, 0.5) is 0 Å². The normalized spacial score (nSPS) is 23.2. The number of aliphatic imine (C=N–C) groups is 1. The lowest BCUT2D eigenvalue weighted by Crippen LogP contribution is -2.35. The van der Waals surface area contributed by atoms with Gasteiger partial charge in [0.2, 0.25) is 0 Å². The van der Waals surface area contributed by atoms with E-state index in [0.717, 1.165) is 40.4 Å². The molecule has 2 aliphatic heterocycles. The lowest BCUT2D eigenvalue weighted by atomic mass is 10.1. The highest BCUT2D eigenvalue weighted by molar-refractivity contribution is 7.98. The van der Waals surface area contributed by atoms with E-state index < -0.39 is 0 Å². The molecule has 1 saturated carbocycles. The predicted molar refractivity (Wildman–Crippen MR) is 101 cm³/mol. The van der Waals surface area contributed by atoms with Crippen molar-refractivity contribution in [2.45, 2.75) is 37.5 Å². The van der Waals surface area contributed by atoms with Gasteiger partial charge in [0.25, 0.3) is 0 Å². The first-order valence-electron chi connectivity index (χ1n) is 8.56. The van der Waals surface area contributed by atoms with Crippen molar-refractivity contribution in [3.8, 4) is 0 Å². The Balaban J connectivity index is 1.46. The molecule has 1 saturated heterocycles. The molecule has 1 aliphatic carbocycles. The topological polar surface area (TPSA) is 66.6 Å². The summed E-state index contributed by atoms with van der Waals surface area (Å²) in [6, 6.07) is 0.419. The van der Waals surface area contributed by atoms with Crippen molar-refractivity contribution in [1.29, 1.82) is 0 Å². The van der Waals surface area contributed by atoms with Gasteiger partial charge in [-0.05, 0) is 12.8 Å². The van der Waals surface area contributed by atoms with Gasteiger partial charge in [0.1, 0.15) is 0 Å². The van der Waals surface area contributed by atoms with Crippen molar-refractivity contribution in [3.05, 3.63) is 40.1 Å². The monoisotopic (exact) mass is 373 g/mol. The first-order valence-corrected chi connectivity index (χ1v) is 10.3. The van der Waals surface area contributed by atoms with Gasteiger partial charge >= 0.3 is 0 Å². The number of hydrogen-bond donors (Lipinski definition) is 1. The number of oxazole rings is 1. The molecule has 0 spiro atoms. The molecule has 130 valence electrons. The SMILES string of the molecule is Cc1ncc(C2=C3CC(NSC4CC4)CN3C(c3nccs3)=NC2)o1. The molecule has 3 aliphatic rings.